The van der Waals surface area contributed by atoms with Crippen molar-refractivity contribution in [1.82, 2.24) is 5.32 Å². The van der Waals surface area contributed by atoms with Crippen molar-refractivity contribution in [2.75, 3.05) is 6.54 Å². The van der Waals surface area contributed by atoms with Gasteiger partial charge in [0.05, 0.1) is 6.04 Å². The van der Waals surface area contributed by atoms with Crippen molar-refractivity contribution >= 4 is 11.0 Å². The molecule has 1 N–H and O–H groups in total. The van der Waals surface area contributed by atoms with Crippen molar-refractivity contribution in [2.45, 2.75) is 12.5 Å². The molecule has 2 heteroatoms. The smallest absolute Gasteiger partial charge is 0.134 e. The summed E-state index contributed by atoms with van der Waals surface area (Å²) >= 11 is 0. The second-order valence-corrected chi connectivity index (χ2v) is 3.48. The Bertz CT molecular complexity index is 395. The average molecular weight is 173 g/mol. The zero-order valence-corrected chi connectivity index (χ0v) is 7.29. The van der Waals surface area contributed by atoms with E-state index in [-0.39, 0.29) is 0 Å². The molecule has 0 aliphatic carbocycles. The molecular formula is C11H11NO. The largest absolute Gasteiger partial charge is 0.459 e. The summed E-state index contributed by atoms with van der Waals surface area (Å²) in [5.41, 5.74) is 0.992. The van der Waals surface area contributed by atoms with Gasteiger partial charge in [0.15, 0.2) is 0 Å². The fourth-order valence-electron chi connectivity index (χ4n) is 1.71. The van der Waals surface area contributed by atoms with E-state index in [1.807, 2.05) is 18.2 Å². The highest BCUT2D eigenvalue weighted by Crippen LogP contribution is 2.28. The highest BCUT2D eigenvalue weighted by molar-refractivity contribution is 5.77. The third kappa shape index (κ3) is 1.06. The standard InChI is InChI=1S/C11H11NO/c1-2-4-10-8(3-1)7-11(13-10)9-5-6-12-9/h1-4,7,9,12H,5-6H2/t9-/m0/s1. The fourth-order valence-corrected chi connectivity index (χ4v) is 1.71. The van der Waals surface area contributed by atoms with Crippen LogP contribution >= 0.6 is 0 Å². The lowest BCUT2D eigenvalue weighted by Gasteiger charge is -2.25. The number of para-hydroxylation sites is 1. The summed E-state index contributed by atoms with van der Waals surface area (Å²) in [6.07, 6.45) is 1.19. The Kier molecular flexibility index (Phi) is 1.43. The number of nitrogens with one attached hydrogen (secondary N) is 1. The second kappa shape index (κ2) is 2.60. The van der Waals surface area contributed by atoms with Crippen LogP contribution in [0, 0.1) is 0 Å². The van der Waals surface area contributed by atoms with Gasteiger partial charge in [0.2, 0.25) is 0 Å². The monoisotopic (exact) mass is 173 g/mol. The van der Waals surface area contributed by atoms with E-state index in [9.17, 15) is 0 Å². The molecule has 1 aliphatic rings. The van der Waals surface area contributed by atoms with Gasteiger partial charge >= 0.3 is 0 Å². The summed E-state index contributed by atoms with van der Waals surface area (Å²) in [6.45, 7) is 1.11. The maximum atomic E-state index is 5.71. The van der Waals surface area contributed by atoms with Crippen molar-refractivity contribution < 1.29 is 4.42 Å². The topological polar surface area (TPSA) is 25.2 Å². The van der Waals surface area contributed by atoms with Crippen LogP contribution in [-0.4, -0.2) is 6.54 Å². The van der Waals surface area contributed by atoms with Crippen molar-refractivity contribution in [3.8, 4) is 0 Å². The molecule has 1 atom stereocenters. The molecule has 1 fully saturated rings. The Labute approximate surface area is 76.5 Å². The lowest BCUT2D eigenvalue weighted by atomic mass is 10.0. The van der Waals surface area contributed by atoms with Crippen LogP contribution in [0.15, 0.2) is 34.7 Å². The molecule has 1 saturated heterocycles. The molecule has 1 aliphatic heterocycles. The quantitative estimate of drug-likeness (QED) is 0.716. The van der Waals surface area contributed by atoms with Crippen molar-refractivity contribution in [2.24, 2.45) is 0 Å². The van der Waals surface area contributed by atoms with Gasteiger partial charge < -0.3 is 9.73 Å². The summed E-state index contributed by atoms with van der Waals surface area (Å²) in [5.74, 6) is 1.08. The van der Waals surface area contributed by atoms with Gasteiger partial charge in [-0.3, -0.25) is 0 Å². The highest BCUT2D eigenvalue weighted by Gasteiger charge is 2.21. The minimum Gasteiger partial charge on any atom is -0.459 e. The molecular weight excluding hydrogens is 162 g/mol. The average Bonchev–Trinajstić information content (AvgIpc) is 2.43. The van der Waals surface area contributed by atoms with Crippen LogP contribution in [0.2, 0.25) is 0 Å². The van der Waals surface area contributed by atoms with Gasteiger partial charge in [-0.15, -0.1) is 0 Å². The van der Waals surface area contributed by atoms with Crippen LogP contribution in [0.25, 0.3) is 11.0 Å². The summed E-state index contributed by atoms with van der Waals surface area (Å²) in [4.78, 5) is 0. The first-order chi connectivity index (χ1) is 6.43. The molecule has 66 valence electrons. The van der Waals surface area contributed by atoms with Crippen molar-refractivity contribution in [3.05, 3.63) is 36.1 Å². The molecule has 0 radical (unpaired) electrons. The van der Waals surface area contributed by atoms with E-state index < -0.39 is 0 Å². The third-order valence-electron chi connectivity index (χ3n) is 2.61. The first-order valence-corrected chi connectivity index (χ1v) is 4.65. The molecule has 1 aromatic heterocycles. The van der Waals surface area contributed by atoms with Crippen molar-refractivity contribution in [3.63, 3.8) is 0 Å². The van der Waals surface area contributed by atoms with Crippen LogP contribution in [-0.2, 0) is 0 Å². The molecule has 3 rings (SSSR count). The summed E-state index contributed by atoms with van der Waals surface area (Å²) in [7, 11) is 0. The van der Waals surface area contributed by atoms with E-state index in [0.717, 1.165) is 17.9 Å². The number of hydrogen-bond acceptors (Lipinski definition) is 2. The van der Waals surface area contributed by atoms with Gasteiger partial charge in [0, 0.05) is 5.39 Å². The molecule has 0 amide bonds. The van der Waals surface area contributed by atoms with E-state index in [1.165, 1.54) is 11.8 Å². The third-order valence-corrected chi connectivity index (χ3v) is 2.61. The zero-order chi connectivity index (χ0) is 8.67. The minimum absolute atomic E-state index is 0.451. The summed E-state index contributed by atoms with van der Waals surface area (Å²) in [5, 5.41) is 4.53. The molecule has 0 bridgehead atoms. The Morgan fingerprint density at radius 2 is 2.15 bits per heavy atom. The number of fused-ring (bicyclic) bond motifs is 1. The molecule has 2 aromatic rings. The molecule has 0 unspecified atom stereocenters. The zero-order valence-electron chi connectivity index (χ0n) is 7.29. The number of furan rings is 1. The van der Waals surface area contributed by atoms with E-state index in [4.69, 9.17) is 4.42 Å². The predicted molar refractivity (Wildman–Crippen MR) is 51.6 cm³/mol. The lowest BCUT2D eigenvalue weighted by molar-refractivity contribution is 0.327. The van der Waals surface area contributed by atoms with E-state index in [2.05, 4.69) is 17.4 Å². The Morgan fingerprint density at radius 3 is 2.85 bits per heavy atom. The molecule has 2 heterocycles. The highest BCUT2D eigenvalue weighted by atomic mass is 16.3. The molecule has 13 heavy (non-hydrogen) atoms. The Morgan fingerprint density at radius 1 is 1.31 bits per heavy atom. The number of rotatable bonds is 1. The van der Waals surface area contributed by atoms with Gasteiger partial charge in [0.1, 0.15) is 11.3 Å². The predicted octanol–water partition coefficient (Wildman–Crippen LogP) is 2.47. The SMILES string of the molecule is c1ccc2oc([C@@H]3CCN3)cc2c1. The lowest BCUT2D eigenvalue weighted by Crippen LogP contribution is -2.34. The number of benzene rings is 1. The van der Waals surface area contributed by atoms with Gasteiger partial charge in [-0.25, -0.2) is 0 Å². The van der Waals surface area contributed by atoms with E-state index >= 15 is 0 Å². The van der Waals surface area contributed by atoms with Crippen LogP contribution in [0.5, 0.6) is 0 Å². The normalized spacial score (nSPS) is 21.7. The van der Waals surface area contributed by atoms with Gasteiger partial charge in [-0.2, -0.15) is 0 Å². The van der Waals surface area contributed by atoms with Gasteiger partial charge in [-0.1, -0.05) is 18.2 Å². The first-order valence-electron chi connectivity index (χ1n) is 4.65. The van der Waals surface area contributed by atoms with Crippen LogP contribution < -0.4 is 5.32 Å². The summed E-state index contributed by atoms with van der Waals surface area (Å²) in [6, 6.07) is 10.7. The minimum atomic E-state index is 0.451. The Balaban J connectivity index is 2.10. The Hall–Kier alpha value is -1.28. The maximum absolute atomic E-state index is 5.71. The first kappa shape index (κ1) is 7.15. The second-order valence-electron chi connectivity index (χ2n) is 3.48. The molecule has 0 saturated carbocycles. The molecule has 0 spiro atoms. The summed E-state index contributed by atoms with van der Waals surface area (Å²) < 4.78 is 5.71. The van der Waals surface area contributed by atoms with Gasteiger partial charge in [-0.05, 0) is 25.1 Å². The van der Waals surface area contributed by atoms with Crippen molar-refractivity contribution in [1.29, 1.82) is 0 Å². The number of hydrogen-bond donors (Lipinski definition) is 1. The maximum Gasteiger partial charge on any atom is 0.134 e. The van der Waals surface area contributed by atoms with E-state index in [1.54, 1.807) is 0 Å². The van der Waals surface area contributed by atoms with Crippen LogP contribution in [0.4, 0.5) is 0 Å². The van der Waals surface area contributed by atoms with Crippen LogP contribution in [0.1, 0.15) is 18.2 Å². The fraction of sp³-hybridized carbons (Fsp3) is 0.273. The molecule has 2 nitrogen and oxygen atoms in total. The van der Waals surface area contributed by atoms with Gasteiger partial charge in [0.25, 0.3) is 0 Å². The van der Waals surface area contributed by atoms with Crippen LogP contribution in [0.3, 0.4) is 0 Å². The molecule has 1 aromatic carbocycles. The van der Waals surface area contributed by atoms with E-state index in [0.29, 0.717) is 6.04 Å².